The molecular weight excluding hydrogens is 384 g/mol. The van der Waals surface area contributed by atoms with Crippen molar-refractivity contribution in [2.24, 2.45) is 57.7 Å². The lowest BCUT2D eigenvalue weighted by molar-refractivity contribution is -0.128. The standard InChI is InChI=1S/C28H44O3/c1-15(2)16(3)24(30)25(31)17(4)20-7-8-21-19-13-23(29)28-14-18(28)9-12-27(28,6)22(19)10-11-26(20,21)5/h13,15-18,20-22,24-25,30-31H,7-12,14H2,1-6H3/t16-,17+,18-,20-,21+,22+,24-,25+,26-,27-,28+/m1/s1. The summed E-state index contributed by atoms with van der Waals surface area (Å²) in [7, 11) is 0. The summed E-state index contributed by atoms with van der Waals surface area (Å²) in [6.07, 6.45) is 9.02. The van der Waals surface area contributed by atoms with Crippen LogP contribution in [-0.4, -0.2) is 28.2 Å². The lowest BCUT2D eigenvalue weighted by Gasteiger charge is -2.55. The van der Waals surface area contributed by atoms with E-state index in [9.17, 15) is 15.0 Å². The summed E-state index contributed by atoms with van der Waals surface area (Å²) in [6, 6.07) is 0. The molecule has 0 aromatic heterocycles. The van der Waals surface area contributed by atoms with Gasteiger partial charge in [-0.3, -0.25) is 4.79 Å². The highest BCUT2D eigenvalue weighted by atomic mass is 16.3. The van der Waals surface area contributed by atoms with Gasteiger partial charge in [0.25, 0.3) is 0 Å². The largest absolute Gasteiger partial charge is 0.390 e. The van der Waals surface area contributed by atoms with Crippen molar-refractivity contribution in [1.82, 2.24) is 0 Å². The number of rotatable bonds is 5. The maximum atomic E-state index is 13.4. The van der Waals surface area contributed by atoms with Gasteiger partial charge >= 0.3 is 0 Å². The monoisotopic (exact) mass is 428 g/mol. The minimum Gasteiger partial charge on any atom is -0.390 e. The zero-order valence-electron chi connectivity index (χ0n) is 20.5. The van der Waals surface area contributed by atoms with E-state index < -0.39 is 12.2 Å². The third kappa shape index (κ3) is 2.68. The smallest absolute Gasteiger partial charge is 0.162 e. The maximum absolute atomic E-state index is 13.4. The van der Waals surface area contributed by atoms with Crippen LogP contribution in [0.5, 0.6) is 0 Å². The summed E-state index contributed by atoms with van der Waals surface area (Å²) >= 11 is 0. The van der Waals surface area contributed by atoms with Crippen LogP contribution in [0.1, 0.15) is 86.5 Å². The minimum atomic E-state index is -0.680. The molecule has 0 unspecified atom stereocenters. The van der Waals surface area contributed by atoms with Crippen LogP contribution < -0.4 is 0 Å². The van der Waals surface area contributed by atoms with E-state index >= 15 is 0 Å². The first-order valence-corrected chi connectivity index (χ1v) is 13.1. The Morgan fingerprint density at radius 1 is 0.935 bits per heavy atom. The molecule has 0 aromatic carbocycles. The fourth-order valence-electron chi connectivity index (χ4n) is 9.46. The molecule has 0 bridgehead atoms. The molecule has 0 heterocycles. The zero-order valence-corrected chi connectivity index (χ0v) is 20.5. The molecule has 5 aliphatic rings. The number of fused-ring (bicyclic) bond motifs is 4. The quantitative estimate of drug-likeness (QED) is 0.617. The van der Waals surface area contributed by atoms with Gasteiger partial charge in [-0.1, -0.05) is 47.1 Å². The second kappa shape index (κ2) is 6.92. The Balaban J connectivity index is 1.41. The van der Waals surface area contributed by atoms with Gasteiger partial charge in [0.05, 0.1) is 12.2 Å². The second-order valence-corrected chi connectivity index (χ2v) is 13.1. The number of carbonyl (C=O) groups is 1. The van der Waals surface area contributed by atoms with Crippen LogP contribution in [0.25, 0.3) is 0 Å². The Morgan fingerprint density at radius 2 is 1.65 bits per heavy atom. The van der Waals surface area contributed by atoms with E-state index in [0.717, 1.165) is 19.3 Å². The number of aliphatic hydroxyl groups is 2. The van der Waals surface area contributed by atoms with Crippen molar-refractivity contribution in [2.75, 3.05) is 0 Å². The first-order chi connectivity index (χ1) is 14.5. The molecule has 4 fully saturated rings. The zero-order chi connectivity index (χ0) is 22.5. The highest BCUT2D eigenvalue weighted by Crippen LogP contribution is 2.79. The molecule has 0 aromatic rings. The lowest BCUT2D eigenvalue weighted by atomic mass is 9.49. The van der Waals surface area contributed by atoms with Crippen LogP contribution in [0.15, 0.2) is 11.6 Å². The summed E-state index contributed by atoms with van der Waals surface area (Å²) in [5.41, 5.74) is 1.78. The Labute approximate surface area is 189 Å². The van der Waals surface area contributed by atoms with Gasteiger partial charge in [0.2, 0.25) is 0 Å². The van der Waals surface area contributed by atoms with Gasteiger partial charge < -0.3 is 10.2 Å². The topological polar surface area (TPSA) is 57.5 Å². The van der Waals surface area contributed by atoms with Crippen LogP contribution in [0.2, 0.25) is 0 Å². The molecule has 0 radical (unpaired) electrons. The Hall–Kier alpha value is -0.670. The maximum Gasteiger partial charge on any atom is 0.162 e. The predicted molar refractivity (Wildman–Crippen MR) is 123 cm³/mol. The number of hydrogen-bond acceptors (Lipinski definition) is 3. The fourth-order valence-corrected chi connectivity index (χ4v) is 9.46. The molecule has 5 rings (SSSR count). The molecule has 2 N–H and O–H groups in total. The molecule has 0 aliphatic heterocycles. The number of allylic oxidation sites excluding steroid dienone is 2. The van der Waals surface area contributed by atoms with Gasteiger partial charge in [0, 0.05) is 5.41 Å². The first-order valence-electron chi connectivity index (χ1n) is 13.1. The highest BCUT2D eigenvalue weighted by molar-refractivity contribution is 6.00. The molecule has 11 atom stereocenters. The Bertz CT molecular complexity index is 800. The van der Waals surface area contributed by atoms with E-state index in [1.807, 2.05) is 0 Å². The molecule has 174 valence electrons. The molecular formula is C28H44O3. The van der Waals surface area contributed by atoms with Crippen molar-refractivity contribution in [2.45, 2.75) is 98.7 Å². The van der Waals surface area contributed by atoms with Crippen LogP contribution in [0.3, 0.4) is 0 Å². The van der Waals surface area contributed by atoms with Gasteiger partial charge in [0.15, 0.2) is 5.78 Å². The van der Waals surface area contributed by atoms with E-state index in [-0.39, 0.29) is 28.1 Å². The van der Waals surface area contributed by atoms with E-state index in [4.69, 9.17) is 0 Å². The van der Waals surface area contributed by atoms with Crippen molar-refractivity contribution < 1.29 is 15.0 Å². The van der Waals surface area contributed by atoms with E-state index in [1.54, 1.807) is 0 Å². The van der Waals surface area contributed by atoms with E-state index in [2.05, 4.69) is 47.6 Å². The van der Waals surface area contributed by atoms with Crippen molar-refractivity contribution in [3.8, 4) is 0 Å². The first kappa shape index (κ1) is 22.1. The van der Waals surface area contributed by atoms with E-state index in [1.165, 1.54) is 31.3 Å². The molecule has 3 heteroatoms. The SMILES string of the molecule is CC(C)[C@@H](C)[C@@H](O)[C@@H](O)[C@@H](C)[C@H]1CC[C@H]2C3=CC(=O)[C@]45C[C@H]4CC[C@]5(C)[C@H]3CC[C@]12C. The van der Waals surface area contributed by atoms with Gasteiger partial charge in [-0.2, -0.15) is 0 Å². The minimum absolute atomic E-state index is 0.00645. The van der Waals surface area contributed by atoms with Crippen LogP contribution >= 0.6 is 0 Å². The van der Waals surface area contributed by atoms with Crippen molar-refractivity contribution in [1.29, 1.82) is 0 Å². The summed E-state index contributed by atoms with van der Waals surface area (Å²) in [5.74, 6) is 3.08. The number of carbonyl (C=O) groups excluding carboxylic acids is 1. The molecule has 0 amide bonds. The lowest BCUT2D eigenvalue weighted by Crippen LogP contribution is -2.51. The number of ketones is 1. The van der Waals surface area contributed by atoms with Crippen LogP contribution in [-0.2, 0) is 4.79 Å². The predicted octanol–water partition coefficient (Wildman–Crippen LogP) is 5.39. The third-order valence-electron chi connectivity index (χ3n) is 11.9. The van der Waals surface area contributed by atoms with Gasteiger partial charge in [0.1, 0.15) is 0 Å². The molecule has 31 heavy (non-hydrogen) atoms. The summed E-state index contributed by atoms with van der Waals surface area (Å²) in [4.78, 5) is 13.4. The summed E-state index contributed by atoms with van der Waals surface area (Å²) < 4.78 is 0. The van der Waals surface area contributed by atoms with Crippen molar-refractivity contribution in [3.63, 3.8) is 0 Å². The summed E-state index contributed by atoms with van der Waals surface area (Å²) in [5, 5.41) is 22.0. The molecule has 1 spiro atoms. The normalized spacial score (nSPS) is 49.5. The number of aliphatic hydroxyl groups excluding tert-OH is 2. The van der Waals surface area contributed by atoms with Crippen LogP contribution in [0, 0.1) is 57.7 Å². The third-order valence-corrected chi connectivity index (χ3v) is 11.9. The fraction of sp³-hybridized carbons (Fsp3) is 0.893. The highest BCUT2D eigenvalue weighted by Gasteiger charge is 2.76. The van der Waals surface area contributed by atoms with Gasteiger partial charge in [-0.25, -0.2) is 0 Å². The van der Waals surface area contributed by atoms with Crippen LogP contribution in [0.4, 0.5) is 0 Å². The molecule has 0 saturated heterocycles. The van der Waals surface area contributed by atoms with Gasteiger partial charge in [-0.05, 0) is 103 Å². The molecule has 5 aliphatic carbocycles. The van der Waals surface area contributed by atoms with Crippen molar-refractivity contribution in [3.05, 3.63) is 11.6 Å². The average Bonchev–Trinajstić information content (AvgIpc) is 3.26. The Morgan fingerprint density at radius 3 is 2.29 bits per heavy atom. The Kier molecular flexibility index (Phi) is 4.94. The molecule has 3 nitrogen and oxygen atoms in total. The average molecular weight is 429 g/mol. The van der Waals surface area contributed by atoms with Crippen molar-refractivity contribution >= 4 is 5.78 Å². The van der Waals surface area contributed by atoms with E-state index in [0.29, 0.717) is 35.4 Å². The summed E-state index contributed by atoms with van der Waals surface area (Å²) in [6.45, 7) is 13.3. The number of hydrogen-bond donors (Lipinski definition) is 2. The second-order valence-electron chi connectivity index (χ2n) is 13.1. The van der Waals surface area contributed by atoms with Gasteiger partial charge in [-0.15, -0.1) is 0 Å². The molecule has 4 saturated carbocycles.